The van der Waals surface area contributed by atoms with Gasteiger partial charge in [0.2, 0.25) is 0 Å². The molecule has 4 rings (SSSR count). The molecule has 3 aliphatic rings. The summed E-state index contributed by atoms with van der Waals surface area (Å²) in [6.07, 6.45) is 3.41. The van der Waals surface area contributed by atoms with E-state index < -0.39 is 6.10 Å². The fraction of sp³-hybridized carbons (Fsp3) is 0.600. The molecule has 3 fully saturated rings. The Balaban J connectivity index is 1.62. The minimum atomic E-state index is -0.610. The number of fused-ring (bicyclic) bond motifs is 5. The Bertz CT molecular complexity index is 487. The lowest BCUT2D eigenvalue weighted by Gasteiger charge is -2.16. The van der Waals surface area contributed by atoms with Crippen LogP contribution < -0.4 is 0 Å². The Morgan fingerprint density at radius 3 is 2.56 bits per heavy atom. The van der Waals surface area contributed by atoms with Crippen LogP contribution in [0.25, 0.3) is 0 Å². The van der Waals surface area contributed by atoms with Crippen LogP contribution in [0, 0.1) is 35.4 Å². The molecule has 96 valence electrons. The maximum Gasteiger partial charge on any atom is 0.143 e. The molecule has 1 aromatic rings. The van der Waals surface area contributed by atoms with Gasteiger partial charge in [0, 0.05) is 5.56 Å². The van der Waals surface area contributed by atoms with Crippen molar-refractivity contribution in [2.75, 3.05) is 0 Å². The highest BCUT2D eigenvalue weighted by Crippen LogP contribution is 2.72. The van der Waals surface area contributed by atoms with Gasteiger partial charge in [-0.15, -0.1) is 0 Å². The number of hydrogen-bond acceptors (Lipinski definition) is 1. The average Bonchev–Trinajstić information content (AvgIpc) is 2.80. The quantitative estimate of drug-likeness (QED) is 0.878. The zero-order valence-corrected chi connectivity index (χ0v) is 11.6. The minimum absolute atomic E-state index is 0.290. The van der Waals surface area contributed by atoms with E-state index in [0.29, 0.717) is 27.8 Å². The molecule has 5 unspecified atom stereocenters. The van der Waals surface area contributed by atoms with E-state index in [1.54, 1.807) is 18.2 Å². The number of benzene rings is 1. The van der Waals surface area contributed by atoms with Crippen molar-refractivity contribution in [3.8, 4) is 0 Å². The van der Waals surface area contributed by atoms with E-state index in [1.165, 1.54) is 19.3 Å². The summed E-state index contributed by atoms with van der Waals surface area (Å²) in [4.78, 5) is 0. The second kappa shape index (κ2) is 3.80. The minimum Gasteiger partial charge on any atom is -0.388 e. The molecule has 0 aromatic heterocycles. The van der Waals surface area contributed by atoms with E-state index in [2.05, 4.69) is 15.9 Å². The van der Waals surface area contributed by atoms with Gasteiger partial charge < -0.3 is 5.11 Å². The second-order valence-corrected chi connectivity index (χ2v) is 7.01. The number of halogens is 2. The molecule has 5 atom stereocenters. The summed E-state index contributed by atoms with van der Waals surface area (Å²) < 4.78 is 14.5. The van der Waals surface area contributed by atoms with Crippen molar-refractivity contribution in [2.45, 2.75) is 25.4 Å². The zero-order valence-electron chi connectivity index (χ0n) is 10.0. The SMILES string of the molecule is OC(c1cccc(Br)c1F)C1C2C3CCC(C3)C21. The standard InChI is InChI=1S/C15H16BrFO/c16-10-3-1-2-9(14(10)17)15(18)13-11-7-4-5-8(6-7)12(11)13/h1-3,7-8,11-13,15,18H,4-6H2. The van der Waals surface area contributed by atoms with Crippen LogP contribution >= 0.6 is 15.9 Å². The molecule has 18 heavy (non-hydrogen) atoms. The number of aliphatic hydroxyl groups is 1. The van der Waals surface area contributed by atoms with Crippen molar-refractivity contribution in [2.24, 2.45) is 29.6 Å². The summed E-state index contributed by atoms with van der Waals surface area (Å²) >= 11 is 3.20. The van der Waals surface area contributed by atoms with Crippen LogP contribution in [0.3, 0.4) is 0 Å². The molecule has 0 saturated heterocycles. The van der Waals surface area contributed by atoms with Gasteiger partial charge in [0.1, 0.15) is 5.82 Å². The highest BCUT2D eigenvalue weighted by Gasteiger charge is 2.66. The Kier molecular flexibility index (Phi) is 2.41. The lowest BCUT2D eigenvalue weighted by molar-refractivity contribution is 0.126. The maximum atomic E-state index is 14.0. The summed E-state index contributed by atoms with van der Waals surface area (Å²) in [6, 6.07) is 5.21. The molecule has 1 N–H and O–H groups in total. The summed E-state index contributed by atoms with van der Waals surface area (Å²) in [6.45, 7) is 0. The number of rotatable bonds is 2. The van der Waals surface area contributed by atoms with Crippen molar-refractivity contribution >= 4 is 15.9 Å². The molecule has 1 aromatic carbocycles. The normalized spacial score (nSPS) is 41.8. The van der Waals surface area contributed by atoms with Gasteiger partial charge >= 0.3 is 0 Å². The molecule has 2 bridgehead atoms. The third kappa shape index (κ3) is 1.41. The largest absolute Gasteiger partial charge is 0.388 e. The zero-order chi connectivity index (χ0) is 12.4. The Hall–Kier alpha value is -0.410. The van der Waals surface area contributed by atoms with Crippen LogP contribution in [0.1, 0.15) is 30.9 Å². The van der Waals surface area contributed by atoms with Crippen LogP contribution in [0.5, 0.6) is 0 Å². The van der Waals surface area contributed by atoms with E-state index in [-0.39, 0.29) is 5.82 Å². The predicted molar refractivity (Wildman–Crippen MR) is 70.4 cm³/mol. The molecule has 0 amide bonds. The molecule has 0 heterocycles. The van der Waals surface area contributed by atoms with E-state index in [9.17, 15) is 9.50 Å². The van der Waals surface area contributed by atoms with Crippen LogP contribution in [-0.2, 0) is 0 Å². The Morgan fingerprint density at radius 2 is 1.89 bits per heavy atom. The summed E-state index contributed by atoms with van der Waals surface area (Å²) in [5.41, 5.74) is 0.475. The highest BCUT2D eigenvalue weighted by atomic mass is 79.9. The average molecular weight is 311 g/mol. The van der Waals surface area contributed by atoms with Gasteiger partial charge in [-0.3, -0.25) is 0 Å². The molecule has 0 radical (unpaired) electrons. The topological polar surface area (TPSA) is 20.2 Å². The van der Waals surface area contributed by atoms with E-state index in [0.717, 1.165) is 11.8 Å². The van der Waals surface area contributed by atoms with Crippen molar-refractivity contribution < 1.29 is 9.50 Å². The second-order valence-electron chi connectivity index (χ2n) is 6.15. The smallest absolute Gasteiger partial charge is 0.143 e. The van der Waals surface area contributed by atoms with Gasteiger partial charge in [0.05, 0.1) is 10.6 Å². The molecular weight excluding hydrogens is 295 g/mol. The Labute approximate surface area is 115 Å². The van der Waals surface area contributed by atoms with Crippen LogP contribution in [0.4, 0.5) is 4.39 Å². The monoisotopic (exact) mass is 310 g/mol. The van der Waals surface area contributed by atoms with E-state index in [1.807, 2.05) is 0 Å². The van der Waals surface area contributed by atoms with Gasteiger partial charge in [-0.25, -0.2) is 4.39 Å². The highest BCUT2D eigenvalue weighted by molar-refractivity contribution is 9.10. The van der Waals surface area contributed by atoms with E-state index >= 15 is 0 Å². The Morgan fingerprint density at radius 1 is 1.22 bits per heavy atom. The molecule has 3 heteroatoms. The van der Waals surface area contributed by atoms with Gasteiger partial charge in [-0.1, -0.05) is 12.1 Å². The molecule has 0 aliphatic heterocycles. The summed E-state index contributed by atoms with van der Waals surface area (Å²) in [5, 5.41) is 10.5. The van der Waals surface area contributed by atoms with Crippen molar-refractivity contribution in [3.05, 3.63) is 34.1 Å². The molecule has 3 aliphatic carbocycles. The van der Waals surface area contributed by atoms with Crippen molar-refractivity contribution in [3.63, 3.8) is 0 Å². The number of hydrogen-bond donors (Lipinski definition) is 1. The third-order valence-electron chi connectivity index (χ3n) is 5.46. The molecule has 0 spiro atoms. The third-order valence-corrected chi connectivity index (χ3v) is 6.07. The maximum absolute atomic E-state index is 14.0. The van der Waals surface area contributed by atoms with Crippen LogP contribution in [0.2, 0.25) is 0 Å². The predicted octanol–water partition coefficient (Wildman–Crippen LogP) is 3.91. The molecular formula is C15H16BrFO. The summed E-state index contributed by atoms with van der Waals surface area (Å²) in [5.74, 6) is 3.02. The van der Waals surface area contributed by atoms with Crippen LogP contribution in [-0.4, -0.2) is 5.11 Å². The van der Waals surface area contributed by atoms with Gasteiger partial charge in [-0.05, 0) is 70.8 Å². The first-order valence-corrected chi connectivity index (χ1v) is 7.59. The number of aliphatic hydroxyl groups excluding tert-OH is 1. The first-order valence-electron chi connectivity index (χ1n) is 6.80. The van der Waals surface area contributed by atoms with Crippen molar-refractivity contribution in [1.29, 1.82) is 0 Å². The van der Waals surface area contributed by atoms with Crippen molar-refractivity contribution in [1.82, 2.24) is 0 Å². The fourth-order valence-corrected chi connectivity index (χ4v) is 5.15. The lowest BCUT2D eigenvalue weighted by Crippen LogP contribution is -2.10. The fourth-order valence-electron chi connectivity index (χ4n) is 4.77. The molecule has 3 saturated carbocycles. The van der Waals surface area contributed by atoms with Gasteiger partial charge in [0.25, 0.3) is 0 Å². The van der Waals surface area contributed by atoms with Gasteiger partial charge in [-0.2, -0.15) is 0 Å². The van der Waals surface area contributed by atoms with Gasteiger partial charge in [0.15, 0.2) is 0 Å². The van der Waals surface area contributed by atoms with Crippen LogP contribution in [0.15, 0.2) is 22.7 Å². The molecule has 1 nitrogen and oxygen atoms in total. The lowest BCUT2D eigenvalue weighted by atomic mass is 9.95. The summed E-state index contributed by atoms with van der Waals surface area (Å²) in [7, 11) is 0. The van der Waals surface area contributed by atoms with E-state index in [4.69, 9.17) is 0 Å². The first kappa shape index (κ1) is 11.4. The first-order chi connectivity index (χ1) is 8.68.